The molecule has 1 N–H and O–H groups in total. The Bertz CT molecular complexity index is 386. The van der Waals surface area contributed by atoms with E-state index in [4.69, 9.17) is 0 Å². The van der Waals surface area contributed by atoms with Crippen LogP contribution in [-0.2, 0) is 6.42 Å². The number of nitrogens with zero attached hydrogens (tertiary/aromatic N) is 1. The summed E-state index contributed by atoms with van der Waals surface area (Å²) in [5.41, 5.74) is 1.64. The summed E-state index contributed by atoms with van der Waals surface area (Å²) in [4.78, 5) is 4.39. The molecule has 1 aliphatic carbocycles. The van der Waals surface area contributed by atoms with E-state index in [0.29, 0.717) is 12.1 Å². The molecule has 0 bridgehead atoms. The van der Waals surface area contributed by atoms with Gasteiger partial charge in [0.1, 0.15) is 0 Å². The summed E-state index contributed by atoms with van der Waals surface area (Å²) in [5.74, 6) is 0. The minimum atomic E-state index is 0.710. The Labute approximate surface area is 114 Å². The van der Waals surface area contributed by atoms with Crippen molar-refractivity contribution in [3.8, 4) is 0 Å². The number of hydrogen-bond donors (Lipinski definition) is 1. The summed E-state index contributed by atoms with van der Waals surface area (Å²) < 4.78 is 0. The maximum atomic E-state index is 3.63. The number of likely N-dealkylation sites (tertiary alicyclic amines) is 1. The molecule has 1 aromatic rings. The van der Waals surface area contributed by atoms with Gasteiger partial charge < -0.3 is 5.32 Å². The molecule has 0 radical (unpaired) electrons. The van der Waals surface area contributed by atoms with Crippen molar-refractivity contribution in [1.82, 2.24) is 10.2 Å². The van der Waals surface area contributed by atoms with Crippen LogP contribution >= 0.6 is 11.3 Å². The zero-order valence-corrected chi connectivity index (χ0v) is 12.1. The lowest BCUT2D eigenvalue weighted by Gasteiger charge is -2.40. The molecule has 1 fully saturated rings. The van der Waals surface area contributed by atoms with E-state index in [1.807, 2.05) is 11.3 Å². The van der Waals surface area contributed by atoms with Crippen molar-refractivity contribution in [1.29, 1.82) is 0 Å². The zero-order valence-electron chi connectivity index (χ0n) is 11.3. The largest absolute Gasteiger partial charge is 0.313 e. The van der Waals surface area contributed by atoms with E-state index >= 15 is 0 Å². The van der Waals surface area contributed by atoms with E-state index in [1.54, 1.807) is 10.4 Å². The Morgan fingerprint density at radius 2 is 2.33 bits per heavy atom. The monoisotopic (exact) mass is 264 g/mol. The second-order valence-corrected chi connectivity index (χ2v) is 6.60. The third-order valence-electron chi connectivity index (χ3n) is 4.41. The number of fused-ring (bicyclic) bond motifs is 1. The van der Waals surface area contributed by atoms with Crippen LogP contribution in [-0.4, -0.2) is 30.6 Å². The van der Waals surface area contributed by atoms with Gasteiger partial charge in [-0.1, -0.05) is 6.92 Å². The fraction of sp³-hybridized carbons (Fsp3) is 0.733. The number of likely N-dealkylation sites (N-methyl/N-ethyl adjacent to an activating group) is 1. The molecule has 1 saturated heterocycles. The Kier molecular flexibility index (Phi) is 4.02. The fourth-order valence-electron chi connectivity index (χ4n) is 3.59. The van der Waals surface area contributed by atoms with Crippen molar-refractivity contribution in [2.75, 3.05) is 19.6 Å². The van der Waals surface area contributed by atoms with Crippen molar-refractivity contribution < 1.29 is 0 Å². The van der Waals surface area contributed by atoms with Crippen LogP contribution in [0.4, 0.5) is 0 Å². The van der Waals surface area contributed by atoms with E-state index in [1.165, 1.54) is 45.2 Å². The number of thiophene rings is 1. The molecule has 2 unspecified atom stereocenters. The van der Waals surface area contributed by atoms with Crippen LogP contribution in [0.15, 0.2) is 11.4 Å². The van der Waals surface area contributed by atoms with Crippen LogP contribution in [0.3, 0.4) is 0 Å². The molecule has 3 heteroatoms. The molecule has 2 heterocycles. The average Bonchev–Trinajstić information content (AvgIpc) is 2.87. The first kappa shape index (κ1) is 12.6. The predicted molar refractivity (Wildman–Crippen MR) is 78.3 cm³/mol. The minimum Gasteiger partial charge on any atom is -0.313 e. The first-order valence-electron chi connectivity index (χ1n) is 7.42. The van der Waals surface area contributed by atoms with Gasteiger partial charge in [-0.05, 0) is 62.2 Å². The molecule has 2 aliphatic rings. The predicted octanol–water partition coefficient (Wildman–Crippen LogP) is 3.20. The van der Waals surface area contributed by atoms with Gasteiger partial charge in [0.05, 0.1) is 0 Å². The maximum absolute atomic E-state index is 3.63. The number of hydrogen-bond acceptors (Lipinski definition) is 3. The molecule has 0 spiro atoms. The summed E-state index contributed by atoms with van der Waals surface area (Å²) in [6.07, 6.45) is 6.76. The highest BCUT2D eigenvalue weighted by molar-refractivity contribution is 7.10. The molecule has 1 aromatic heterocycles. The molecule has 100 valence electrons. The lowest BCUT2D eigenvalue weighted by molar-refractivity contribution is 0.126. The van der Waals surface area contributed by atoms with Gasteiger partial charge in [0.25, 0.3) is 0 Å². The quantitative estimate of drug-likeness (QED) is 0.902. The van der Waals surface area contributed by atoms with Gasteiger partial charge in [0, 0.05) is 23.5 Å². The van der Waals surface area contributed by atoms with Crippen molar-refractivity contribution in [2.45, 2.75) is 51.1 Å². The van der Waals surface area contributed by atoms with Crippen molar-refractivity contribution in [3.63, 3.8) is 0 Å². The topological polar surface area (TPSA) is 15.3 Å². The van der Waals surface area contributed by atoms with Gasteiger partial charge >= 0.3 is 0 Å². The van der Waals surface area contributed by atoms with E-state index in [0.717, 1.165) is 6.54 Å². The molecule has 0 amide bonds. The van der Waals surface area contributed by atoms with E-state index in [2.05, 4.69) is 28.6 Å². The number of aryl methyl sites for hydroxylation is 1. The molecule has 18 heavy (non-hydrogen) atoms. The molecular weight excluding hydrogens is 240 g/mol. The standard InChI is InChI=1S/C15H24N2S/c1-2-16-12-5-4-9-17(11-12)14-6-3-7-15-13(14)8-10-18-15/h8,10,12,14,16H,2-7,9,11H2,1H3. The number of rotatable bonds is 3. The van der Waals surface area contributed by atoms with Gasteiger partial charge in [0.15, 0.2) is 0 Å². The Morgan fingerprint density at radius 3 is 3.22 bits per heavy atom. The Morgan fingerprint density at radius 1 is 1.39 bits per heavy atom. The lowest BCUT2D eigenvalue weighted by atomic mass is 9.91. The minimum absolute atomic E-state index is 0.710. The summed E-state index contributed by atoms with van der Waals surface area (Å²) in [5, 5.41) is 5.92. The first-order valence-corrected chi connectivity index (χ1v) is 8.30. The van der Waals surface area contributed by atoms with Gasteiger partial charge in [-0.2, -0.15) is 0 Å². The molecule has 2 atom stereocenters. The van der Waals surface area contributed by atoms with Gasteiger partial charge in [-0.15, -0.1) is 11.3 Å². The lowest BCUT2D eigenvalue weighted by Crippen LogP contribution is -2.47. The molecule has 0 saturated carbocycles. The highest BCUT2D eigenvalue weighted by Gasteiger charge is 2.30. The fourth-order valence-corrected chi connectivity index (χ4v) is 4.57. The van der Waals surface area contributed by atoms with Crippen LogP contribution in [0.1, 0.15) is 49.1 Å². The summed E-state index contributed by atoms with van der Waals surface area (Å²) >= 11 is 1.96. The van der Waals surface area contributed by atoms with Crippen molar-refractivity contribution >= 4 is 11.3 Å². The third kappa shape index (κ3) is 2.49. The van der Waals surface area contributed by atoms with E-state index < -0.39 is 0 Å². The molecule has 2 nitrogen and oxygen atoms in total. The Balaban J connectivity index is 1.72. The van der Waals surface area contributed by atoms with Crippen LogP contribution in [0.5, 0.6) is 0 Å². The molecular formula is C15H24N2S. The third-order valence-corrected chi connectivity index (χ3v) is 5.40. The number of piperidine rings is 1. The van der Waals surface area contributed by atoms with Crippen molar-refractivity contribution in [2.24, 2.45) is 0 Å². The van der Waals surface area contributed by atoms with Crippen LogP contribution in [0.2, 0.25) is 0 Å². The molecule has 1 aliphatic heterocycles. The first-order chi connectivity index (χ1) is 8.88. The highest BCUT2D eigenvalue weighted by Crippen LogP contribution is 2.38. The second-order valence-electron chi connectivity index (χ2n) is 5.60. The average molecular weight is 264 g/mol. The summed E-state index contributed by atoms with van der Waals surface area (Å²) in [7, 11) is 0. The zero-order chi connectivity index (χ0) is 12.4. The van der Waals surface area contributed by atoms with Crippen molar-refractivity contribution in [3.05, 3.63) is 21.9 Å². The van der Waals surface area contributed by atoms with E-state index in [-0.39, 0.29) is 0 Å². The SMILES string of the molecule is CCNC1CCCN(C2CCCc3sccc32)C1. The van der Waals surface area contributed by atoms with Crippen LogP contribution in [0, 0.1) is 0 Å². The summed E-state index contributed by atoms with van der Waals surface area (Å²) in [6, 6.07) is 3.80. The smallest absolute Gasteiger partial charge is 0.0359 e. The number of nitrogens with one attached hydrogen (secondary N) is 1. The summed E-state index contributed by atoms with van der Waals surface area (Å²) in [6.45, 7) is 5.86. The van der Waals surface area contributed by atoms with E-state index in [9.17, 15) is 0 Å². The van der Waals surface area contributed by atoms with Crippen LogP contribution < -0.4 is 5.32 Å². The van der Waals surface area contributed by atoms with Crippen LogP contribution in [0.25, 0.3) is 0 Å². The van der Waals surface area contributed by atoms with Gasteiger partial charge in [-0.3, -0.25) is 4.90 Å². The molecule has 3 rings (SSSR count). The second kappa shape index (κ2) is 5.72. The maximum Gasteiger partial charge on any atom is 0.0359 e. The van der Waals surface area contributed by atoms with Gasteiger partial charge in [-0.25, -0.2) is 0 Å². The Hall–Kier alpha value is -0.380. The highest BCUT2D eigenvalue weighted by atomic mass is 32.1. The van der Waals surface area contributed by atoms with Gasteiger partial charge in [0.2, 0.25) is 0 Å². The molecule has 0 aromatic carbocycles. The normalized spacial score (nSPS) is 29.2.